The lowest BCUT2D eigenvalue weighted by Gasteiger charge is -2.28. The Labute approximate surface area is 446 Å². The molecule has 15 rings (SSSR count). The van der Waals surface area contributed by atoms with Gasteiger partial charge in [0.05, 0.1) is 44.5 Å². The Hall–Kier alpha value is -7.82. The molecule has 0 fully saturated rings. The zero-order chi connectivity index (χ0) is 51.5. The van der Waals surface area contributed by atoms with Crippen molar-refractivity contribution in [3.63, 3.8) is 0 Å². The monoisotopic (exact) mass is 987 g/mol. The third-order valence-corrected chi connectivity index (χ3v) is 17.9. The summed E-state index contributed by atoms with van der Waals surface area (Å²) >= 11 is 0. The molecule has 0 amide bonds. The maximum Gasteiger partial charge on any atom is 0.0641 e. The van der Waals surface area contributed by atoms with Gasteiger partial charge in [-0.3, -0.25) is 0 Å². The van der Waals surface area contributed by atoms with Gasteiger partial charge in [-0.15, -0.1) is 0 Å². The molecule has 0 N–H and O–H groups in total. The van der Waals surface area contributed by atoms with Crippen molar-refractivity contribution >= 4 is 110 Å². The molecule has 4 heterocycles. The van der Waals surface area contributed by atoms with E-state index in [1.165, 1.54) is 193 Å². The summed E-state index contributed by atoms with van der Waals surface area (Å²) in [6, 6.07) is 62.2. The van der Waals surface area contributed by atoms with Gasteiger partial charge in [-0.2, -0.15) is 0 Å². The first kappa shape index (κ1) is 45.6. The van der Waals surface area contributed by atoms with Crippen molar-refractivity contribution in [3.05, 3.63) is 202 Å². The topological polar surface area (TPSA) is 15.3 Å². The van der Waals surface area contributed by atoms with Crippen molar-refractivity contribution in [1.82, 2.24) is 8.80 Å². The summed E-state index contributed by atoms with van der Waals surface area (Å²) in [5.74, 6) is 0. The van der Waals surface area contributed by atoms with Gasteiger partial charge in [0.2, 0.25) is 0 Å². The molecule has 0 saturated heterocycles. The smallest absolute Gasteiger partial charge is 0.0641 e. The second kappa shape index (κ2) is 16.3. The molecular weight excluding hydrogens is 921 g/mol. The van der Waals surface area contributed by atoms with Crippen molar-refractivity contribution in [2.75, 3.05) is 9.80 Å². The van der Waals surface area contributed by atoms with Crippen molar-refractivity contribution in [1.29, 1.82) is 0 Å². The summed E-state index contributed by atoms with van der Waals surface area (Å²) in [5.41, 5.74) is 26.0. The highest BCUT2D eigenvalue weighted by Gasteiger charge is 2.30. The lowest BCUT2D eigenvalue weighted by atomic mass is 9.86. The molecule has 4 nitrogen and oxygen atoms in total. The van der Waals surface area contributed by atoms with E-state index >= 15 is 0 Å². The van der Waals surface area contributed by atoms with E-state index in [1.807, 2.05) is 0 Å². The van der Waals surface area contributed by atoms with Crippen LogP contribution in [0.15, 0.2) is 158 Å². The Morgan fingerprint density at radius 2 is 0.750 bits per heavy atom. The molecule has 0 spiro atoms. The lowest BCUT2D eigenvalue weighted by Crippen LogP contribution is -2.12. The van der Waals surface area contributed by atoms with Crippen molar-refractivity contribution in [2.24, 2.45) is 0 Å². The first-order chi connectivity index (χ1) is 36.8. The van der Waals surface area contributed by atoms with Crippen LogP contribution in [-0.4, -0.2) is 8.80 Å². The summed E-state index contributed by atoms with van der Waals surface area (Å²) < 4.78 is 5.24. The molecule has 0 atom stereocenters. The fourth-order valence-electron chi connectivity index (χ4n) is 14.0. The van der Waals surface area contributed by atoms with Crippen LogP contribution in [0.2, 0.25) is 0 Å². The molecular formula is C72H66N4. The summed E-state index contributed by atoms with van der Waals surface area (Å²) in [4.78, 5) is 5.12. The number of hydrogen-bond acceptors (Lipinski definition) is 2. The highest BCUT2D eigenvalue weighted by atomic mass is 15.2. The summed E-state index contributed by atoms with van der Waals surface area (Å²) in [5, 5.41) is 10.4. The number of aryl methyl sites for hydroxylation is 6. The standard InChI is InChI=1S/C72H66N4/c1-43-15-13-21-51(35-43)73(53-27-23-45-17-9-11-19-47(45)37-53)63-33-29-55-57-41-66-58(42-65(57)75-61-31-25-49(71(3,4)5)39-59(61)67(63)69(55)75)56-30-34-64(68-60-40-50(72(6,7)8)26-32-62(60)76(66)70(56)68)74(52-22-14-16-44(2)36-52)54-28-24-46-18-10-12-20-48(46)38-54/h13-16,21-42H,9-12,17-20H2,1-8H3. The Morgan fingerprint density at radius 1 is 0.342 bits per heavy atom. The summed E-state index contributed by atoms with van der Waals surface area (Å²) in [6.07, 6.45) is 9.65. The Kier molecular flexibility index (Phi) is 9.80. The van der Waals surface area contributed by atoms with Gasteiger partial charge in [0.15, 0.2) is 0 Å². The average Bonchev–Trinajstić information content (AvgIpc) is 4.33. The van der Waals surface area contributed by atoms with Gasteiger partial charge in [-0.25, -0.2) is 0 Å². The van der Waals surface area contributed by atoms with Crippen LogP contribution in [0.4, 0.5) is 34.1 Å². The highest BCUT2D eigenvalue weighted by molar-refractivity contribution is 6.32. The quantitative estimate of drug-likeness (QED) is 0.165. The molecule has 374 valence electrons. The van der Waals surface area contributed by atoms with Gasteiger partial charge >= 0.3 is 0 Å². The molecule has 4 aromatic heterocycles. The van der Waals surface area contributed by atoms with Gasteiger partial charge in [0, 0.05) is 65.8 Å². The number of fused-ring (bicyclic) bond motifs is 14. The number of nitrogens with zero attached hydrogens (tertiary/aromatic N) is 4. The number of anilines is 6. The molecule has 2 aliphatic carbocycles. The third kappa shape index (κ3) is 6.74. The van der Waals surface area contributed by atoms with E-state index in [-0.39, 0.29) is 10.8 Å². The van der Waals surface area contributed by atoms with Crippen LogP contribution >= 0.6 is 0 Å². The van der Waals surface area contributed by atoms with Gasteiger partial charge in [-0.1, -0.05) is 102 Å². The molecule has 0 unspecified atom stereocenters. The number of aromatic nitrogens is 2. The van der Waals surface area contributed by atoms with Gasteiger partial charge in [-0.05, 0) is 218 Å². The maximum absolute atomic E-state index is 2.62. The first-order valence-electron chi connectivity index (χ1n) is 28.2. The van der Waals surface area contributed by atoms with Crippen LogP contribution < -0.4 is 9.80 Å². The third-order valence-electron chi connectivity index (χ3n) is 17.9. The average molecular weight is 987 g/mol. The fraction of sp³-hybridized carbons (Fsp3) is 0.250. The van der Waals surface area contributed by atoms with Crippen LogP contribution in [0.3, 0.4) is 0 Å². The van der Waals surface area contributed by atoms with E-state index in [0.29, 0.717) is 0 Å². The molecule has 0 aliphatic heterocycles. The minimum absolute atomic E-state index is 0.0196. The predicted octanol–water partition coefficient (Wildman–Crippen LogP) is 19.9. The molecule has 0 saturated carbocycles. The zero-order valence-electron chi connectivity index (χ0n) is 45.5. The molecule has 13 aromatic rings. The largest absolute Gasteiger partial charge is 0.310 e. The Morgan fingerprint density at radius 3 is 1.16 bits per heavy atom. The Bertz CT molecular complexity index is 4240. The SMILES string of the molecule is Cc1cccc(N(c2ccc3c(c2)CCCC3)c2ccc3c4cc5c(cc4n4c6ccc(C(C)(C)C)cc6c2c34)c2ccc(N(c3cccc(C)c3)c3ccc4c(c3)CCCC4)c3c4cc(C(C)(C)C)ccc4n5c23)c1. The zero-order valence-corrected chi connectivity index (χ0v) is 45.5. The van der Waals surface area contributed by atoms with Crippen LogP contribution in [0.25, 0.3) is 76.2 Å². The van der Waals surface area contributed by atoms with E-state index in [9.17, 15) is 0 Å². The van der Waals surface area contributed by atoms with Crippen molar-refractivity contribution < 1.29 is 0 Å². The van der Waals surface area contributed by atoms with Gasteiger partial charge < -0.3 is 18.6 Å². The fourth-order valence-corrected chi connectivity index (χ4v) is 14.0. The van der Waals surface area contributed by atoms with Crippen LogP contribution in [0.5, 0.6) is 0 Å². The summed E-state index contributed by atoms with van der Waals surface area (Å²) in [6.45, 7) is 18.5. The number of rotatable bonds is 6. The van der Waals surface area contributed by atoms with Crippen LogP contribution in [-0.2, 0) is 36.5 Å². The molecule has 9 aromatic carbocycles. The number of benzene rings is 9. The molecule has 0 bridgehead atoms. The van der Waals surface area contributed by atoms with E-state index in [4.69, 9.17) is 0 Å². The van der Waals surface area contributed by atoms with Crippen LogP contribution in [0.1, 0.15) is 112 Å². The van der Waals surface area contributed by atoms with E-state index in [2.05, 4.69) is 232 Å². The van der Waals surface area contributed by atoms with E-state index in [1.54, 1.807) is 0 Å². The van der Waals surface area contributed by atoms with Crippen LogP contribution in [0, 0.1) is 13.8 Å². The van der Waals surface area contributed by atoms with E-state index in [0.717, 1.165) is 12.8 Å². The van der Waals surface area contributed by atoms with Gasteiger partial charge in [0.1, 0.15) is 0 Å². The predicted molar refractivity (Wildman–Crippen MR) is 325 cm³/mol. The summed E-state index contributed by atoms with van der Waals surface area (Å²) in [7, 11) is 0. The van der Waals surface area contributed by atoms with Gasteiger partial charge in [0.25, 0.3) is 0 Å². The second-order valence-electron chi connectivity index (χ2n) is 24.9. The molecule has 0 radical (unpaired) electrons. The molecule has 2 aliphatic rings. The minimum atomic E-state index is -0.0196. The minimum Gasteiger partial charge on any atom is -0.310 e. The van der Waals surface area contributed by atoms with Crippen molar-refractivity contribution in [2.45, 2.75) is 118 Å². The Balaban J connectivity index is 1.04. The van der Waals surface area contributed by atoms with Crippen molar-refractivity contribution in [3.8, 4) is 0 Å². The normalized spacial score (nSPS) is 14.4. The van der Waals surface area contributed by atoms with E-state index < -0.39 is 0 Å². The molecule has 76 heavy (non-hydrogen) atoms. The first-order valence-corrected chi connectivity index (χ1v) is 28.2. The molecule has 4 heteroatoms. The highest BCUT2D eigenvalue weighted by Crippen LogP contribution is 2.52. The number of hydrogen-bond donors (Lipinski definition) is 0. The maximum atomic E-state index is 2.62. The second-order valence-corrected chi connectivity index (χ2v) is 24.9. The lowest BCUT2D eigenvalue weighted by molar-refractivity contribution is 0.591.